The third kappa shape index (κ3) is 4.69. The van der Waals surface area contributed by atoms with Gasteiger partial charge in [-0.2, -0.15) is 0 Å². The van der Waals surface area contributed by atoms with Crippen molar-refractivity contribution < 1.29 is 13.6 Å². The lowest BCUT2D eigenvalue weighted by Crippen LogP contribution is -2.22. The normalized spacial score (nSPS) is 10.9. The van der Waals surface area contributed by atoms with Crippen LogP contribution in [0.3, 0.4) is 0 Å². The fraction of sp³-hybridized carbons (Fsp3) is 0.120. The van der Waals surface area contributed by atoms with Crippen LogP contribution in [0.4, 0.5) is 8.78 Å². The fourth-order valence-corrected chi connectivity index (χ4v) is 3.40. The zero-order valence-corrected chi connectivity index (χ0v) is 16.2. The zero-order valence-electron chi connectivity index (χ0n) is 16.2. The molecule has 0 saturated heterocycles. The summed E-state index contributed by atoms with van der Waals surface area (Å²) in [6.07, 6.45) is 2.83. The minimum absolute atomic E-state index is 0.153. The first-order valence-corrected chi connectivity index (χ1v) is 9.73. The quantitative estimate of drug-likeness (QED) is 0.480. The maximum atomic E-state index is 13.8. The number of halogens is 2. The SMILES string of the molecule is O=C(NCc1cccc(CCc2ccc(F)cc2F)c1)c1ccc2ncccc2c1. The minimum atomic E-state index is -0.573. The molecule has 1 heterocycles. The Labute approximate surface area is 173 Å². The molecule has 1 N–H and O–H groups in total. The topological polar surface area (TPSA) is 42.0 Å². The van der Waals surface area contributed by atoms with Gasteiger partial charge in [-0.1, -0.05) is 36.4 Å². The third-order valence-corrected chi connectivity index (χ3v) is 5.01. The number of amides is 1. The monoisotopic (exact) mass is 402 g/mol. The predicted octanol–water partition coefficient (Wildman–Crippen LogP) is 5.23. The molecule has 0 radical (unpaired) electrons. The second-order valence-electron chi connectivity index (χ2n) is 7.15. The number of hydrogen-bond acceptors (Lipinski definition) is 2. The van der Waals surface area contributed by atoms with Crippen LogP contribution in [0.25, 0.3) is 10.9 Å². The number of nitrogens with zero attached hydrogens (tertiary/aromatic N) is 1. The molecule has 4 rings (SSSR count). The average Bonchev–Trinajstić information content (AvgIpc) is 2.77. The van der Waals surface area contributed by atoms with Gasteiger partial charge < -0.3 is 5.32 Å². The summed E-state index contributed by atoms with van der Waals surface area (Å²) in [6.45, 7) is 0.392. The van der Waals surface area contributed by atoms with Gasteiger partial charge in [-0.05, 0) is 59.9 Å². The van der Waals surface area contributed by atoms with Gasteiger partial charge in [-0.25, -0.2) is 8.78 Å². The summed E-state index contributed by atoms with van der Waals surface area (Å²) >= 11 is 0. The lowest BCUT2D eigenvalue weighted by Gasteiger charge is -2.09. The van der Waals surface area contributed by atoms with Crippen LogP contribution in [0, 0.1) is 11.6 Å². The van der Waals surface area contributed by atoms with Gasteiger partial charge in [0.25, 0.3) is 5.91 Å². The Hall–Kier alpha value is -3.60. The van der Waals surface area contributed by atoms with Gasteiger partial charge in [0.15, 0.2) is 0 Å². The number of aromatic nitrogens is 1. The number of pyridine rings is 1. The van der Waals surface area contributed by atoms with Crippen molar-refractivity contribution in [2.75, 3.05) is 0 Å². The highest BCUT2D eigenvalue weighted by Gasteiger charge is 2.08. The van der Waals surface area contributed by atoms with E-state index in [0.717, 1.165) is 28.1 Å². The molecule has 0 aliphatic rings. The van der Waals surface area contributed by atoms with E-state index in [2.05, 4.69) is 10.3 Å². The molecular weight excluding hydrogens is 382 g/mol. The molecule has 0 fully saturated rings. The van der Waals surface area contributed by atoms with E-state index in [-0.39, 0.29) is 5.91 Å². The highest BCUT2D eigenvalue weighted by Crippen LogP contribution is 2.15. The molecular formula is C25H20F2N2O. The van der Waals surface area contributed by atoms with Gasteiger partial charge in [-0.15, -0.1) is 0 Å². The smallest absolute Gasteiger partial charge is 0.251 e. The van der Waals surface area contributed by atoms with Crippen molar-refractivity contribution in [3.63, 3.8) is 0 Å². The Bertz CT molecular complexity index is 1210. The van der Waals surface area contributed by atoms with Crippen LogP contribution < -0.4 is 5.32 Å². The Kier molecular flexibility index (Phi) is 5.80. The van der Waals surface area contributed by atoms with E-state index in [1.165, 1.54) is 12.1 Å². The summed E-state index contributed by atoms with van der Waals surface area (Å²) in [5.41, 5.74) is 3.91. The molecule has 0 aliphatic heterocycles. The van der Waals surface area contributed by atoms with Crippen LogP contribution >= 0.6 is 0 Å². The van der Waals surface area contributed by atoms with E-state index in [1.807, 2.05) is 48.5 Å². The molecule has 150 valence electrons. The summed E-state index contributed by atoms with van der Waals surface area (Å²) in [7, 11) is 0. The first-order chi connectivity index (χ1) is 14.6. The van der Waals surface area contributed by atoms with Crippen molar-refractivity contribution in [1.29, 1.82) is 0 Å². The Morgan fingerprint density at radius 1 is 0.867 bits per heavy atom. The van der Waals surface area contributed by atoms with Crippen LogP contribution in [0.1, 0.15) is 27.0 Å². The number of benzene rings is 3. The number of aryl methyl sites for hydroxylation is 2. The van der Waals surface area contributed by atoms with E-state index in [4.69, 9.17) is 0 Å². The summed E-state index contributed by atoms with van der Waals surface area (Å²) < 4.78 is 26.8. The summed E-state index contributed by atoms with van der Waals surface area (Å²) in [5.74, 6) is -1.25. The standard InChI is InChI=1S/C25H20F2N2O/c26-22-10-8-19(23(27)15-22)7-6-17-3-1-4-18(13-17)16-29-25(30)21-9-11-24-20(14-21)5-2-12-28-24/h1-5,8-15H,6-7,16H2,(H,29,30). The van der Waals surface area contributed by atoms with Crippen molar-refractivity contribution in [2.24, 2.45) is 0 Å². The number of nitrogens with one attached hydrogen (secondary N) is 1. The van der Waals surface area contributed by atoms with E-state index < -0.39 is 11.6 Å². The number of rotatable bonds is 6. The zero-order chi connectivity index (χ0) is 20.9. The summed E-state index contributed by atoms with van der Waals surface area (Å²) in [4.78, 5) is 16.8. The molecule has 0 saturated carbocycles. The minimum Gasteiger partial charge on any atom is -0.348 e. The van der Waals surface area contributed by atoms with Crippen molar-refractivity contribution >= 4 is 16.8 Å². The number of carbonyl (C=O) groups is 1. The van der Waals surface area contributed by atoms with Crippen LogP contribution in [-0.2, 0) is 19.4 Å². The van der Waals surface area contributed by atoms with Gasteiger partial charge in [0, 0.05) is 29.8 Å². The highest BCUT2D eigenvalue weighted by molar-refractivity contribution is 5.97. The maximum absolute atomic E-state index is 13.8. The van der Waals surface area contributed by atoms with Crippen LogP contribution in [-0.4, -0.2) is 10.9 Å². The first-order valence-electron chi connectivity index (χ1n) is 9.73. The van der Waals surface area contributed by atoms with Crippen LogP contribution in [0.2, 0.25) is 0 Å². The molecule has 4 aromatic rings. The van der Waals surface area contributed by atoms with Gasteiger partial charge in [-0.3, -0.25) is 9.78 Å². The number of hydrogen-bond donors (Lipinski definition) is 1. The Morgan fingerprint density at radius 3 is 2.60 bits per heavy atom. The molecule has 3 nitrogen and oxygen atoms in total. The second-order valence-corrected chi connectivity index (χ2v) is 7.15. The van der Waals surface area contributed by atoms with Crippen LogP contribution in [0.5, 0.6) is 0 Å². The molecule has 30 heavy (non-hydrogen) atoms. The predicted molar refractivity (Wildman–Crippen MR) is 113 cm³/mol. The van der Waals surface area contributed by atoms with Gasteiger partial charge in [0.1, 0.15) is 11.6 Å². The van der Waals surface area contributed by atoms with Gasteiger partial charge >= 0.3 is 0 Å². The van der Waals surface area contributed by atoms with Gasteiger partial charge in [0.05, 0.1) is 5.52 Å². The number of carbonyl (C=O) groups excluding carboxylic acids is 1. The summed E-state index contributed by atoms with van der Waals surface area (Å²) in [6, 6.07) is 20.6. The summed E-state index contributed by atoms with van der Waals surface area (Å²) in [5, 5.41) is 3.85. The molecule has 3 aromatic carbocycles. The van der Waals surface area contributed by atoms with E-state index in [1.54, 1.807) is 12.3 Å². The Morgan fingerprint density at radius 2 is 1.73 bits per heavy atom. The molecule has 0 atom stereocenters. The maximum Gasteiger partial charge on any atom is 0.251 e. The van der Waals surface area contributed by atoms with E-state index >= 15 is 0 Å². The highest BCUT2D eigenvalue weighted by atomic mass is 19.1. The lowest BCUT2D eigenvalue weighted by molar-refractivity contribution is 0.0951. The molecule has 0 unspecified atom stereocenters. The van der Waals surface area contributed by atoms with Crippen LogP contribution in [0.15, 0.2) is 79.0 Å². The van der Waals surface area contributed by atoms with Crippen molar-refractivity contribution in [1.82, 2.24) is 10.3 Å². The average molecular weight is 402 g/mol. The fourth-order valence-electron chi connectivity index (χ4n) is 3.40. The molecule has 0 aliphatic carbocycles. The lowest BCUT2D eigenvalue weighted by atomic mass is 10.0. The van der Waals surface area contributed by atoms with E-state index in [0.29, 0.717) is 30.5 Å². The van der Waals surface area contributed by atoms with Crippen molar-refractivity contribution in [3.05, 3.63) is 113 Å². The largest absolute Gasteiger partial charge is 0.348 e. The molecule has 1 amide bonds. The molecule has 5 heteroatoms. The molecule has 1 aromatic heterocycles. The number of fused-ring (bicyclic) bond motifs is 1. The molecule has 0 bridgehead atoms. The van der Waals surface area contributed by atoms with E-state index in [9.17, 15) is 13.6 Å². The molecule has 0 spiro atoms. The Balaban J connectivity index is 1.38. The first kappa shape index (κ1) is 19.7. The second kappa shape index (κ2) is 8.82. The third-order valence-electron chi connectivity index (χ3n) is 5.01. The van der Waals surface area contributed by atoms with Crippen molar-refractivity contribution in [3.8, 4) is 0 Å². The van der Waals surface area contributed by atoms with Crippen molar-refractivity contribution in [2.45, 2.75) is 19.4 Å². The van der Waals surface area contributed by atoms with Gasteiger partial charge in [0.2, 0.25) is 0 Å².